The summed E-state index contributed by atoms with van der Waals surface area (Å²) in [6.45, 7) is 6.72. The summed E-state index contributed by atoms with van der Waals surface area (Å²) in [6, 6.07) is 3.49. The predicted molar refractivity (Wildman–Crippen MR) is 103 cm³/mol. The Kier molecular flexibility index (Phi) is 7.88. The van der Waals surface area contributed by atoms with E-state index in [1.165, 1.54) is 0 Å². The SMILES string of the molecule is CC(C)CC(C)Oc1cc(CNC(=O)NC2CCC(C(=O)O)CC2)ccn1. The van der Waals surface area contributed by atoms with Gasteiger partial charge in [0.2, 0.25) is 5.88 Å². The van der Waals surface area contributed by atoms with E-state index >= 15 is 0 Å². The number of carbonyl (C=O) groups excluding carboxylic acids is 1. The molecule has 27 heavy (non-hydrogen) atoms. The fourth-order valence-corrected chi connectivity index (χ4v) is 3.45. The van der Waals surface area contributed by atoms with Crippen molar-refractivity contribution in [3.05, 3.63) is 23.9 Å². The highest BCUT2D eigenvalue weighted by Crippen LogP contribution is 2.24. The Hall–Kier alpha value is -2.31. The van der Waals surface area contributed by atoms with Gasteiger partial charge in [-0.2, -0.15) is 0 Å². The number of carboxylic acid groups (broad SMARTS) is 1. The standard InChI is InChI=1S/C20H31N3O4/c1-13(2)10-14(3)27-18-11-15(8-9-21-18)12-22-20(26)23-17-6-4-16(5-7-17)19(24)25/h8-9,11,13-14,16-17H,4-7,10,12H2,1-3H3,(H,24,25)(H2,22,23,26). The molecule has 2 amide bonds. The van der Waals surface area contributed by atoms with E-state index in [1.54, 1.807) is 6.20 Å². The Morgan fingerprint density at radius 2 is 1.96 bits per heavy atom. The van der Waals surface area contributed by atoms with E-state index in [0.717, 1.165) is 12.0 Å². The molecule has 7 nitrogen and oxygen atoms in total. The highest BCUT2D eigenvalue weighted by molar-refractivity contribution is 5.74. The molecule has 1 aliphatic carbocycles. The van der Waals surface area contributed by atoms with Gasteiger partial charge in [0, 0.05) is 24.8 Å². The van der Waals surface area contributed by atoms with Crippen molar-refractivity contribution in [1.82, 2.24) is 15.6 Å². The third-order valence-electron chi connectivity index (χ3n) is 4.79. The lowest BCUT2D eigenvalue weighted by molar-refractivity contribution is -0.142. The van der Waals surface area contributed by atoms with Gasteiger partial charge < -0.3 is 20.5 Å². The van der Waals surface area contributed by atoms with Crippen molar-refractivity contribution >= 4 is 12.0 Å². The maximum atomic E-state index is 12.1. The van der Waals surface area contributed by atoms with Crippen LogP contribution in [-0.2, 0) is 11.3 Å². The van der Waals surface area contributed by atoms with Gasteiger partial charge in [0.1, 0.15) is 0 Å². The molecule has 150 valence electrons. The van der Waals surface area contributed by atoms with Crippen LogP contribution in [0.4, 0.5) is 4.79 Å². The van der Waals surface area contributed by atoms with Crippen LogP contribution in [0.5, 0.6) is 5.88 Å². The van der Waals surface area contributed by atoms with Gasteiger partial charge in [-0.05, 0) is 56.6 Å². The van der Waals surface area contributed by atoms with Crippen molar-refractivity contribution in [3.63, 3.8) is 0 Å². The van der Waals surface area contributed by atoms with Crippen LogP contribution in [0.3, 0.4) is 0 Å². The van der Waals surface area contributed by atoms with E-state index in [1.807, 2.05) is 19.1 Å². The van der Waals surface area contributed by atoms with Gasteiger partial charge in [-0.3, -0.25) is 4.79 Å². The van der Waals surface area contributed by atoms with Gasteiger partial charge >= 0.3 is 12.0 Å². The van der Waals surface area contributed by atoms with Gasteiger partial charge in [0.25, 0.3) is 0 Å². The number of carboxylic acids is 1. The first-order valence-electron chi connectivity index (χ1n) is 9.72. The number of nitrogens with one attached hydrogen (secondary N) is 2. The monoisotopic (exact) mass is 377 g/mol. The van der Waals surface area contributed by atoms with E-state index in [2.05, 4.69) is 29.5 Å². The van der Waals surface area contributed by atoms with Crippen LogP contribution in [0.15, 0.2) is 18.3 Å². The summed E-state index contributed by atoms with van der Waals surface area (Å²) in [7, 11) is 0. The normalized spacial score (nSPS) is 20.7. The zero-order valence-corrected chi connectivity index (χ0v) is 16.4. The second kappa shape index (κ2) is 10.1. The van der Waals surface area contributed by atoms with Crippen LogP contribution in [-0.4, -0.2) is 34.2 Å². The minimum absolute atomic E-state index is 0.0359. The van der Waals surface area contributed by atoms with Crippen molar-refractivity contribution in [2.75, 3.05) is 0 Å². The van der Waals surface area contributed by atoms with Gasteiger partial charge in [-0.15, -0.1) is 0 Å². The fourth-order valence-electron chi connectivity index (χ4n) is 3.45. The molecule has 2 rings (SSSR count). The summed E-state index contributed by atoms with van der Waals surface area (Å²) in [6.07, 6.45) is 5.34. The Bertz CT molecular complexity index is 627. The first kappa shape index (κ1) is 21.0. The molecular weight excluding hydrogens is 346 g/mol. The summed E-state index contributed by atoms with van der Waals surface area (Å²) < 4.78 is 5.84. The quantitative estimate of drug-likeness (QED) is 0.645. The largest absolute Gasteiger partial charge is 0.481 e. The average Bonchev–Trinajstić information content (AvgIpc) is 2.60. The lowest BCUT2D eigenvalue weighted by atomic mass is 9.86. The molecule has 1 aromatic heterocycles. The molecule has 0 bridgehead atoms. The molecule has 0 aromatic carbocycles. The van der Waals surface area contributed by atoms with Crippen LogP contribution < -0.4 is 15.4 Å². The van der Waals surface area contributed by atoms with Crippen LogP contribution in [0.2, 0.25) is 0 Å². The second-order valence-electron chi connectivity index (χ2n) is 7.77. The number of hydrogen-bond acceptors (Lipinski definition) is 4. The maximum Gasteiger partial charge on any atom is 0.315 e. The zero-order chi connectivity index (χ0) is 19.8. The van der Waals surface area contributed by atoms with E-state index < -0.39 is 5.97 Å². The highest BCUT2D eigenvalue weighted by Gasteiger charge is 2.26. The molecule has 3 N–H and O–H groups in total. The lowest BCUT2D eigenvalue weighted by Crippen LogP contribution is -2.43. The summed E-state index contributed by atoms with van der Waals surface area (Å²) in [5.41, 5.74) is 0.918. The van der Waals surface area contributed by atoms with Crippen molar-refractivity contribution in [3.8, 4) is 5.88 Å². The van der Waals surface area contributed by atoms with E-state index in [9.17, 15) is 9.59 Å². The molecule has 0 radical (unpaired) electrons. The maximum absolute atomic E-state index is 12.1. The number of amides is 2. The van der Waals surface area contributed by atoms with Crippen molar-refractivity contribution in [1.29, 1.82) is 0 Å². The fraction of sp³-hybridized carbons (Fsp3) is 0.650. The minimum atomic E-state index is -0.740. The first-order valence-corrected chi connectivity index (χ1v) is 9.72. The second-order valence-corrected chi connectivity index (χ2v) is 7.77. The summed E-state index contributed by atoms with van der Waals surface area (Å²) in [4.78, 5) is 27.3. The van der Waals surface area contributed by atoms with Crippen LogP contribution >= 0.6 is 0 Å². The Morgan fingerprint density at radius 1 is 1.26 bits per heavy atom. The summed E-state index contributed by atoms with van der Waals surface area (Å²) in [5, 5.41) is 14.8. The molecule has 0 saturated heterocycles. The average molecular weight is 377 g/mol. The molecule has 1 atom stereocenters. The molecule has 0 spiro atoms. The Morgan fingerprint density at radius 3 is 2.59 bits per heavy atom. The number of aliphatic carboxylic acids is 1. The smallest absolute Gasteiger partial charge is 0.315 e. The van der Waals surface area contributed by atoms with E-state index in [0.29, 0.717) is 44.0 Å². The summed E-state index contributed by atoms with van der Waals surface area (Å²) >= 11 is 0. The van der Waals surface area contributed by atoms with Crippen molar-refractivity contribution in [2.45, 2.75) is 71.6 Å². The van der Waals surface area contributed by atoms with Gasteiger partial charge in [-0.1, -0.05) is 13.8 Å². The summed E-state index contributed by atoms with van der Waals surface area (Å²) in [5.74, 6) is 0.102. The molecule has 1 fully saturated rings. The molecule has 1 aliphatic rings. The van der Waals surface area contributed by atoms with E-state index in [-0.39, 0.29) is 24.1 Å². The van der Waals surface area contributed by atoms with Gasteiger partial charge in [-0.25, -0.2) is 9.78 Å². The number of carbonyl (C=O) groups is 2. The van der Waals surface area contributed by atoms with Crippen LogP contribution in [0, 0.1) is 11.8 Å². The van der Waals surface area contributed by atoms with Gasteiger partial charge in [0.15, 0.2) is 0 Å². The Labute approximate surface area is 160 Å². The topological polar surface area (TPSA) is 101 Å². The highest BCUT2D eigenvalue weighted by atomic mass is 16.5. The zero-order valence-electron chi connectivity index (χ0n) is 16.4. The molecule has 1 aromatic rings. The third kappa shape index (κ3) is 7.45. The number of urea groups is 1. The third-order valence-corrected chi connectivity index (χ3v) is 4.79. The molecular formula is C20H31N3O4. The predicted octanol–water partition coefficient (Wildman–Crippen LogP) is 3.34. The molecule has 1 heterocycles. The van der Waals surface area contributed by atoms with Crippen LogP contribution in [0.1, 0.15) is 58.4 Å². The van der Waals surface area contributed by atoms with Crippen LogP contribution in [0.25, 0.3) is 0 Å². The molecule has 7 heteroatoms. The van der Waals surface area contributed by atoms with E-state index in [4.69, 9.17) is 9.84 Å². The lowest BCUT2D eigenvalue weighted by Gasteiger charge is -2.26. The molecule has 1 unspecified atom stereocenters. The number of hydrogen-bond donors (Lipinski definition) is 3. The molecule has 0 aliphatic heterocycles. The number of rotatable bonds is 8. The number of pyridine rings is 1. The number of nitrogens with zero attached hydrogens (tertiary/aromatic N) is 1. The minimum Gasteiger partial charge on any atom is -0.481 e. The van der Waals surface area contributed by atoms with Crippen molar-refractivity contribution in [2.24, 2.45) is 11.8 Å². The molecule has 1 saturated carbocycles. The number of ether oxygens (including phenoxy) is 1. The van der Waals surface area contributed by atoms with Gasteiger partial charge in [0.05, 0.1) is 12.0 Å². The number of aromatic nitrogens is 1. The Balaban J connectivity index is 1.75. The first-order chi connectivity index (χ1) is 12.8. The van der Waals surface area contributed by atoms with Crippen molar-refractivity contribution < 1.29 is 19.4 Å².